The van der Waals surface area contributed by atoms with Crippen molar-refractivity contribution in [3.63, 3.8) is 0 Å². The number of hydrogen-bond acceptors (Lipinski definition) is 7. The summed E-state index contributed by atoms with van der Waals surface area (Å²) in [5, 5.41) is 22.0. The maximum absolute atomic E-state index is 9.71. The third kappa shape index (κ3) is 2.83. The third-order valence-corrected chi connectivity index (χ3v) is 2.52. The van der Waals surface area contributed by atoms with Gasteiger partial charge in [0.15, 0.2) is 5.82 Å². The van der Waals surface area contributed by atoms with Gasteiger partial charge in [0.25, 0.3) is 0 Å². The minimum absolute atomic E-state index is 0. The first-order valence-electron chi connectivity index (χ1n) is 5.46. The van der Waals surface area contributed by atoms with Crippen LogP contribution in [0.4, 0.5) is 11.5 Å². The summed E-state index contributed by atoms with van der Waals surface area (Å²) in [7, 11) is 0. The van der Waals surface area contributed by atoms with Crippen LogP contribution in [-0.2, 0) is 32.7 Å². The number of phenols is 1. The molecule has 20 heavy (non-hydrogen) atoms. The van der Waals surface area contributed by atoms with Gasteiger partial charge >= 0.3 is 6.01 Å². The van der Waals surface area contributed by atoms with Crippen LogP contribution in [0.3, 0.4) is 0 Å². The molecule has 2 heterocycles. The van der Waals surface area contributed by atoms with Crippen molar-refractivity contribution in [1.82, 2.24) is 19.9 Å². The second-order valence-electron chi connectivity index (χ2n) is 3.77. The van der Waals surface area contributed by atoms with E-state index in [1.807, 2.05) is 0 Å². The average Bonchev–Trinajstić information content (AvgIpc) is 2.42. The molecule has 0 amide bonds. The Morgan fingerprint density at radius 1 is 1.00 bits per heavy atom. The van der Waals surface area contributed by atoms with Crippen LogP contribution in [0.15, 0.2) is 36.8 Å². The van der Waals surface area contributed by atoms with Gasteiger partial charge in [-0.2, -0.15) is 4.98 Å². The van der Waals surface area contributed by atoms with Gasteiger partial charge in [0, 0.05) is 32.7 Å². The Balaban J connectivity index is 0.00000147. The monoisotopic (exact) mass is 344 g/mol. The van der Waals surface area contributed by atoms with Crippen LogP contribution in [0.25, 0.3) is 11.0 Å². The maximum Gasteiger partial charge on any atom is 0.314 e. The summed E-state index contributed by atoms with van der Waals surface area (Å²) in [5.41, 5.74) is 1.35. The molecule has 3 N–H and O–H groups in total. The van der Waals surface area contributed by atoms with E-state index >= 15 is 0 Å². The summed E-state index contributed by atoms with van der Waals surface area (Å²) >= 11 is 0. The largest absolute Gasteiger partial charge is 0.506 e. The van der Waals surface area contributed by atoms with Gasteiger partial charge in [-0.3, -0.25) is 0 Å². The van der Waals surface area contributed by atoms with Crippen LogP contribution >= 0.6 is 0 Å². The van der Waals surface area contributed by atoms with E-state index in [1.54, 1.807) is 24.3 Å². The van der Waals surface area contributed by atoms with Crippen molar-refractivity contribution in [2.45, 2.75) is 0 Å². The number of nitrogens with one attached hydrogen (secondary N) is 1. The summed E-state index contributed by atoms with van der Waals surface area (Å²) in [4.78, 5) is 15.6. The zero-order chi connectivity index (χ0) is 13.2. The Bertz CT molecular complexity index is 753. The number of hydrogen-bond donors (Lipinski definition) is 3. The van der Waals surface area contributed by atoms with Crippen LogP contribution in [0, 0.1) is 0 Å². The number of benzene rings is 1. The molecule has 0 aliphatic carbocycles. The fraction of sp³-hybridized carbons (Fsp3) is 0. The van der Waals surface area contributed by atoms with E-state index in [2.05, 4.69) is 25.3 Å². The molecule has 1 radical (unpaired) electrons. The van der Waals surface area contributed by atoms with E-state index in [0.29, 0.717) is 22.5 Å². The smallest absolute Gasteiger partial charge is 0.314 e. The van der Waals surface area contributed by atoms with Crippen LogP contribution in [0.2, 0.25) is 0 Å². The first-order valence-corrected chi connectivity index (χ1v) is 5.46. The van der Waals surface area contributed by atoms with Crippen LogP contribution in [0.1, 0.15) is 0 Å². The Morgan fingerprint density at radius 3 is 2.60 bits per heavy atom. The van der Waals surface area contributed by atoms with Gasteiger partial charge in [-0.15, -0.1) is 0 Å². The first-order chi connectivity index (χ1) is 9.24. The molecule has 3 aromatic rings. The van der Waals surface area contributed by atoms with E-state index in [1.165, 1.54) is 12.5 Å². The molecule has 0 aliphatic rings. The van der Waals surface area contributed by atoms with Gasteiger partial charge in [0.05, 0.1) is 11.9 Å². The second kappa shape index (κ2) is 6.06. The summed E-state index contributed by atoms with van der Waals surface area (Å²) in [6.45, 7) is 0. The molecule has 8 heteroatoms. The summed E-state index contributed by atoms with van der Waals surface area (Å²) in [5.74, 6) is 0.469. The normalized spacial score (nSPS) is 10.0. The summed E-state index contributed by atoms with van der Waals surface area (Å²) < 4.78 is 0. The molecule has 7 nitrogen and oxygen atoms in total. The number of nitrogens with zero attached hydrogens (tertiary/aromatic N) is 4. The Hall–Kier alpha value is -1.86. The summed E-state index contributed by atoms with van der Waals surface area (Å²) in [6.07, 6.45) is 2.75. The van der Waals surface area contributed by atoms with Crippen molar-refractivity contribution in [3.8, 4) is 11.8 Å². The molecule has 3 rings (SSSR count). The molecule has 0 aliphatic heterocycles. The van der Waals surface area contributed by atoms with Crippen LogP contribution < -0.4 is 5.32 Å². The van der Waals surface area contributed by atoms with Crippen LogP contribution in [-0.4, -0.2) is 30.1 Å². The van der Waals surface area contributed by atoms with Crippen molar-refractivity contribution in [2.24, 2.45) is 0 Å². The van der Waals surface area contributed by atoms with Crippen LogP contribution in [0.5, 0.6) is 11.8 Å². The number of aromatic nitrogens is 4. The minimum Gasteiger partial charge on any atom is -0.506 e. The van der Waals surface area contributed by atoms with Gasteiger partial charge in [0.2, 0.25) is 0 Å². The van der Waals surface area contributed by atoms with E-state index in [0.717, 1.165) is 0 Å². The molecule has 0 atom stereocenters. The minimum atomic E-state index is -0.359. The molecule has 2 aromatic heterocycles. The zero-order valence-corrected chi connectivity index (χ0v) is 13.1. The predicted octanol–water partition coefficient (Wildman–Crippen LogP) is 1.57. The second-order valence-corrected chi connectivity index (χ2v) is 3.77. The molecular formula is C12H9N5O2Y. The van der Waals surface area contributed by atoms with Crippen molar-refractivity contribution >= 4 is 22.5 Å². The van der Waals surface area contributed by atoms with Crippen molar-refractivity contribution < 1.29 is 42.9 Å². The van der Waals surface area contributed by atoms with E-state index < -0.39 is 0 Å². The Labute approximate surface area is 139 Å². The molecule has 0 spiro atoms. The molecule has 0 fully saturated rings. The zero-order valence-electron chi connectivity index (χ0n) is 10.2. The van der Waals surface area contributed by atoms with E-state index in [-0.39, 0.29) is 44.5 Å². The third-order valence-electron chi connectivity index (χ3n) is 2.52. The van der Waals surface area contributed by atoms with Gasteiger partial charge in [-0.25, -0.2) is 15.0 Å². The Morgan fingerprint density at radius 2 is 1.80 bits per heavy atom. The topological polar surface area (TPSA) is 104 Å². The summed E-state index contributed by atoms with van der Waals surface area (Å²) in [6, 6.07) is 6.38. The molecule has 0 unspecified atom stereocenters. The molecule has 0 saturated heterocycles. The number of phenolic OH excluding ortho intramolecular Hbond substituents is 1. The maximum atomic E-state index is 9.71. The van der Waals surface area contributed by atoms with Gasteiger partial charge < -0.3 is 15.5 Å². The fourth-order valence-electron chi connectivity index (χ4n) is 1.64. The van der Waals surface area contributed by atoms with Gasteiger partial charge in [-0.05, 0) is 12.1 Å². The number of fused-ring (bicyclic) bond motifs is 1. The SMILES string of the molecule is Oc1ncc2ncnc(Nc3ccccc3O)c2n1.[Y]. The van der Waals surface area contributed by atoms with E-state index in [4.69, 9.17) is 0 Å². The predicted molar refractivity (Wildman–Crippen MR) is 68.2 cm³/mol. The van der Waals surface area contributed by atoms with Gasteiger partial charge in [0.1, 0.15) is 23.1 Å². The number of rotatable bonds is 2. The number of aromatic hydroxyl groups is 2. The van der Waals surface area contributed by atoms with E-state index in [9.17, 15) is 10.2 Å². The number of para-hydroxylation sites is 2. The number of anilines is 2. The quantitative estimate of drug-likeness (QED) is 0.606. The fourth-order valence-corrected chi connectivity index (χ4v) is 1.64. The standard InChI is InChI=1S/C12H9N5O2.Y/c18-9-4-2-1-3-7(9)16-11-10-8(14-6-15-11)5-13-12(19)17-10;/h1-6,18H,(H,13,17,19)(H,14,15,16);. The Kier molecular flexibility index (Phi) is 4.41. The van der Waals surface area contributed by atoms with Crippen molar-refractivity contribution in [3.05, 3.63) is 36.8 Å². The first kappa shape index (κ1) is 14.6. The molecule has 0 bridgehead atoms. The van der Waals surface area contributed by atoms with Crippen molar-refractivity contribution in [2.75, 3.05) is 5.32 Å². The molecular weight excluding hydrogens is 335 g/mol. The molecule has 97 valence electrons. The molecule has 1 aromatic carbocycles. The van der Waals surface area contributed by atoms with Crippen molar-refractivity contribution in [1.29, 1.82) is 0 Å². The van der Waals surface area contributed by atoms with Gasteiger partial charge in [-0.1, -0.05) is 12.1 Å². The average molecular weight is 344 g/mol. The molecule has 0 saturated carbocycles.